The Morgan fingerprint density at radius 3 is 2.36 bits per heavy atom. The number of furan rings is 2. The Hall–Kier alpha value is -7.42. The zero-order chi connectivity index (χ0) is 53.8. The number of carbonyl (C=O) groups excluding carboxylic acids is 3. The molecule has 1 atom stereocenters. The third kappa shape index (κ3) is 15.1. The molecule has 3 aliphatic heterocycles. The van der Waals surface area contributed by atoms with Crippen LogP contribution < -0.4 is 15.8 Å². The van der Waals surface area contributed by atoms with Crippen molar-refractivity contribution in [3.05, 3.63) is 152 Å². The lowest BCUT2D eigenvalue weighted by atomic mass is 10.0. The molecule has 0 bridgehead atoms. The first-order chi connectivity index (χ1) is 35.2. The van der Waals surface area contributed by atoms with E-state index in [1.807, 2.05) is 39.0 Å². The summed E-state index contributed by atoms with van der Waals surface area (Å²) >= 11 is 16.0. The zero-order valence-corrected chi connectivity index (χ0v) is 44.0. The van der Waals surface area contributed by atoms with E-state index in [0.717, 1.165) is 61.0 Å². The molecule has 20 nitrogen and oxygen atoms in total. The van der Waals surface area contributed by atoms with Gasteiger partial charge in [0.25, 0.3) is 11.6 Å². The van der Waals surface area contributed by atoms with Gasteiger partial charge in [-0.25, -0.2) is 9.79 Å². The number of ketones is 1. The van der Waals surface area contributed by atoms with E-state index in [-0.39, 0.29) is 55.9 Å². The van der Waals surface area contributed by atoms with Crippen LogP contribution in [0.4, 0.5) is 17.3 Å². The Morgan fingerprint density at radius 1 is 1.00 bits per heavy atom. The van der Waals surface area contributed by atoms with Crippen molar-refractivity contribution in [2.24, 2.45) is 15.7 Å². The number of nitro groups is 2. The number of carbonyl (C=O) groups is 4. The smallest absolute Gasteiger partial charge is 0.433 e. The summed E-state index contributed by atoms with van der Waals surface area (Å²) in [6.45, 7) is 8.28. The number of benzene rings is 3. The van der Waals surface area contributed by atoms with Crippen LogP contribution in [0.3, 0.4) is 0 Å². The van der Waals surface area contributed by atoms with Crippen molar-refractivity contribution in [2.75, 3.05) is 6.61 Å². The number of H-pyrrole nitrogens is 1. The fraction of sp³-hybridized carbons (Fsp3) is 0.167. The predicted octanol–water partition coefficient (Wildman–Crippen LogP) is 12.2. The molecule has 3 aromatic carbocycles. The lowest BCUT2D eigenvalue weighted by molar-refractivity contribution is -0.402. The zero-order valence-electron chi connectivity index (χ0n) is 39.2. The predicted molar refractivity (Wildman–Crippen MR) is 293 cm³/mol. The molecule has 2 fully saturated rings. The van der Waals surface area contributed by atoms with E-state index >= 15 is 0 Å². The van der Waals surface area contributed by atoms with E-state index in [2.05, 4.69) is 20.3 Å². The Balaban J connectivity index is 0.000000184. The number of hydrogen-bond donors (Lipinski definition) is 5. The summed E-state index contributed by atoms with van der Waals surface area (Å²) < 4.78 is 18.0. The van der Waals surface area contributed by atoms with Crippen molar-refractivity contribution in [3.63, 3.8) is 0 Å². The maximum atomic E-state index is 12.5. The van der Waals surface area contributed by atoms with E-state index in [1.165, 1.54) is 60.3 Å². The third-order valence-corrected chi connectivity index (χ3v) is 14.6. The number of Topliss-reactive ketones (excluding diaryl/α,β-unsaturated/α-hetero) is 1. The lowest BCUT2D eigenvalue weighted by Crippen LogP contribution is -2.23. The molecule has 2 amide bonds. The molecule has 26 heteroatoms. The number of amidine groups is 2. The molecule has 0 spiro atoms. The Kier molecular flexibility index (Phi) is 19.3. The molecular weight excluding hydrogens is 1080 g/mol. The van der Waals surface area contributed by atoms with Gasteiger partial charge in [-0.3, -0.25) is 40.0 Å². The van der Waals surface area contributed by atoms with Crippen molar-refractivity contribution in [2.45, 2.75) is 45.8 Å². The first kappa shape index (κ1) is 55.9. The van der Waals surface area contributed by atoms with Crippen LogP contribution >= 0.6 is 70.4 Å². The van der Waals surface area contributed by atoms with Gasteiger partial charge >= 0.3 is 11.9 Å². The van der Waals surface area contributed by atoms with Crippen molar-refractivity contribution in [3.8, 4) is 17.1 Å². The lowest BCUT2D eigenvalue weighted by Gasteiger charge is -2.04. The summed E-state index contributed by atoms with van der Waals surface area (Å²) in [7, 11) is 0. The van der Waals surface area contributed by atoms with E-state index < -0.39 is 21.7 Å². The van der Waals surface area contributed by atoms with Crippen LogP contribution in [0.2, 0.25) is 5.02 Å². The number of thioether (sulfide) groups is 3. The van der Waals surface area contributed by atoms with Gasteiger partial charge < -0.3 is 34.7 Å². The highest BCUT2D eigenvalue weighted by atomic mass is 35.5. The van der Waals surface area contributed by atoms with Crippen LogP contribution in [0.15, 0.2) is 114 Å². The van der Waals surface area contributed by atoms with Crippen LogP contribution in [-0.4, -0.2) is 70.7 Å². The summed E-state index contributed by atoms with van der Waals surface area (Å²) in [6.07, 6.45) is 7.00. The van der Waals surface area contributed by atoms with E-state index in [4.69, 9.17) is 48.5 Å². The quantitative estimate of drug-likeness (QED) is 0.0348. The molecule has 6 heterocycles. The monoisotopic (exact) mass is 1120 g/mol. The maximum absolute atomic E-state index is 12.5. The number of hydrogen-bond acceptors (Lipinski definition) is 19. The number of carboxylic acids is 1. The summed E-state index contributed by atoms with van der Waals surface area (Å²) in [5.74, 6) is -0.149. The van der Waals surface area contributed by atoms with Gasteiger partial charge in [-0.15, -0.1) is 11.3 Å². The van der Waals surface area contributed by atoms with Crippen molar-refractivity contribution in [1.29, 1.82) is 5.41 Å². The maximum Gasteiger partial charge on any atom is 0.433 e. The molecule has 9 rings (SSSR count). The molecule has 6 aromatic rings. The first-order valence-corrected chi connectivity index (χ1v) is 25.7. The molecule has 382 valence electrons. The average molecular weight is 1120 g/mol. The fourth-order valence-electron chi connectivity index (χ4n) is 6.43. The molecule has 74 heavy (non-hydrogen) atoms. The fourth-order valence-corrected chi connectivity index (χ4v) is 10.2. The number of halogens is 1. The number of fused-ring (bicyclic) bond motifs is 1. The van der Waals surface area contributed by atoms with Gasteiger partial charge in [0.15, 0.2) is 20.1 Å². The highest BCUT2D eigenvalue weighted by Crippen LogP contribution is 2.38. The summed E-state index contributed by atoms with van der Waals surface area (Å²) in [5.41, 5.74) is 8.76. The van der Waals surface area contributed by atoms with Crippen molar-refractivity contribution in [1.82, 2.24) is 10.3 Å². The average Bonchev–Trinajstić information content (AvgIpc) is 4.22. The Bertz CT molecular complexity index is 3440. The van der Waals surface area contributed by atoms with Crippen LogP contribution in [0.1, 0.15) is 59.7 Å². The second-order valence-corrected chi connectivity index (χ2v) is 20.7. The van der Waals surface area contributed by atoms with E-state index in [9.17, 15) is 44.5 Å². The van der Waals surface area contributed by atoms with E-state index in [0.29, 0.717) is 50.0 Å². The Morgan fingerprint density at radius 2 is 1.74 bits per heavy atom. The minimum absolute atomic E-state index is 0.0162. The third-order valence-electron chi connectivity index (χ3n) is 10.0. The van der Waals surface area contributed by atoms with Gasteiger partial charge in [0.1, 0.15) is 28.0 Å². The number of aromatic amines is 1. The van der Waals surface area contributed by atoms with Gasteiger partial charge in [-0.2, -0.15) is 4.99 Å². The van der Waals surface area contributed by atoms with Gasteiger partial charge in [0, 0.05) is 6.07 Å². The van der Waals surface area contributed by atoms with E-state index in [1.54, 1.807) is 48.6 Å². The molecular formula is C48H41ClN8O12S5. The summed E-state index contributed by atoms with van der Waals surface area (Å²) in [5, 5.41) is 41.6. The summed E-state index contributed by atoms with van der Waals surface area (Å²) in [6, 6.07) is 19.5. The van der Waals surface area contributed by atoms with Crippen LogP contribution in [0.5, 0.6) is 5.75 Å². The number of nitrogens with two attached hydrogens (primary N) is 1. The Labute approximate surface area is 447 Å². The van der Waals surface area contributed by atoms with Crippen molar-refractivity contribution < 1.29 is 47.7 Å². The highest BCUT2D eigenvalue weighted by molar-refractivity contribution is 8.19. The number of aryl methyl sites for hydroxylation is 2. The number of aliphatic imine (C=N–C) groups is 2. The van der Waals surface area contributed by atoms with Gasteiger partial charge in [-0.05, 0) is 141 Å². The number of nitrogens with zero attached hydrogens (tertiary/aromatic N) is 4. The summed E-state index contributed by atoms with van der Waals surface area (Å²) in [4.78, 5) is 78.3. The minimum atomic E-state index is -1.17. The van der Waals surface area contributed by atoms with Gasteiger partial charge in [-0.1, -0.05) is 48.1 Å². The topological polar surface area (TPSA) is 313 Å². The molecule has 0 radical (unpaired) electrons. The first-order valence-electron chi connectivity index (χ1n) is 21.6. The second-order valence-electron chi connectivity index (χ2n) is 15.2. The number of aromatic nitrogens is 1. The number of nitrogens with one attached hydrogen (secondary N) is 3. The molecule has 6 N–H and O–H groups in total. The number of ether oxygens (including phenoxy) is 1. The number of rotatable bonds is 11. The van der Waals surface area contributed by atoms with Crippen LogP contribution in [0, 0.1) is 43.4 Å². The molecule has 3 aliphatic rings. The van der Waals surface area contributed by atoms with Crippen molar-refractivity contribution >= 4 is 149 Å². The standard InChI is InChI=1S/C24H17ClN2O6S.C10H7N3O4S.C9H9NOS2.C5H8N2OS/c1-12-7-17(19(27(31)32)8-13(12)2)21-6-4-15(33-21)10-22-20(28)11-23(34-22)26-14-3-5-18(25)16(9-14)24(29)30;11-10-12-9(14)7(18-10)3-1-2-6-4-5-8(17-6)13(15)16;1-2-11-6-3-4-7-8(5-6)13-9(12)10-7;1-2-3-4(8)7-5(6)9-3/h3-10H,11H2,1-2H3,(H,29,30);1-5H,(H2,11,12,14);3-5H,2H2,1H3,(H,10,12);3H,2H2,1H3,(H2,6,7,8)/b22-10+,26-23?;2-1+,7-3+;;. The number of allylic oxidation sites excluding steroid dienone is 3. The number of nitro benzene ring substituents is 1. The molecule has 0 saturated carbocycles. The van der Waals surface area contributed by atoms with Crippen LogP contribution in [0.25, 0.3) is 33.7 Å². The molecule has 0 aliphatic carbocycles. The number of aromatic carboxylic acids is 1. The molecule has 3 aromatic heterocycles. The number of amides is 2. The normalized spacial score (nSPS) is 16.7. The second kappa shape index (κ2) is 25.5. The van der Waals surface area contributed by atoms with Gasteiger partial charge in [0.05, 0.1) is 76.2 Å². The molecule has 2 saturated heterocycles. The number of thiazole rings is 1. The minimum Gasteiger partial charge on any atom is -0.494 e. The van der Waals surface area contributed by atoms with Gasteiger partial charge in [0.2, 0.25) is 5.91 Å². The van der Waals surface area contributed by atoms with Crippen LogP contribution in [-0.2, 0) is 14.4 Å². The largest absolute Gasteiger partial charge is 0.494 e. The highest BCUT2D eigenvalue weighted by Gasteiger charge is 2.28. The number of carboxylic acid groups (broad SMARTS) is 1. The SMILES string of the molecule is CCC1SC(=N)NC1=O.CCOc1ccc2[nH]c(=S)sc2c1.Cc1cc(-c2ccc(/C=C3/SC(=Nc4ccc(Cl)c(C(=O)O)c4)CC3=O)o2)c([N+](=O)[O-])cc1C.NC1=NC(=O)/C(=C\C=C\c2ccc([N+](=O)[O-])o2)S1. The molecule has 1 unspecified atom stereocenters.